The number of carbonyl (C=O) groups excluding carboxylic acids is 1. The Morgan fingerprint density at radius 2 is 1.64 bits per heavy atom. The zero-order chi connectivity index (χ0) is 18.1. The van der Waals surface area contributed by atoms with Gasteiger partial charge in [0, 0.05) is 15.5 Å². The maximum absolute atomic E-state index is 13.2. The molecule has 0 aromatic heterocycles. The minimum atomic E-state index is -2.88. The van der Waals surface area contributed by atoms with Crippen molar-refractivity contribution in [2.24, 2.45) is 0 Å². The molecular formula is C20H18O4P+. The molecule has 1 atom stereocenters. The molecule has 25 heavy (non-hydrogen) atoms. The van der Waals surface area contributed by atoms with E-state index in [4.69, 9.17) is 4.52 Å². The molecule has 4 nitrogen and oxygen atoms in total. The van der Waals surface area contributed by atoms with Crippen LogP contribution in [0.2, 0.25) is 0 Å². The lowest BCUT2D eigenvalue weighted by Gasteiger charge is -2.12. The van der Waals surface area contributed by atoms with Gasteiger partial charge in [-0.3, -0.25) is 4.79 Å². The van der Waals surface area contributed by atoms with Crippen LogP contribution < -0.4 is 4.52 Å². The predicted molar refractivity (Wildman–Crippen MR) is 98.5 cm³/mol. The Labute approximate surface area is 147 Å². The highest BCUT2D eigenvalue weighted by atomic mass is 31.1. The van der Waals surface area contributed by atoms with E-state index in [-0.39, 0.29) is 17.1 Å². The number of benzene rings is 3. The van der Waals surface area contributed by atoms with Crippen LogP contribution in [0.4, 0.5) is 0 Å². The molecule has 0 spiro atoms. The number of ketones is 1. The van der Waals surface area contributed by atoms with Crippen LogP contribution in [0, 0.1) is 20.8 Å². The molecule has 3 aromatic carbocycles. The third-order valence-corrected chi connectivity index (χ3v) is 4.54. The zero-order valence-electron chi connectivity index (χ0n) is 14.2. The molecule has 0 saturated carbocycles. The maximum atomic E-state index is 13.2. The molecule has 0 bridgehead atoms. The van der Waals surface area contributed by atoms with Crippen LogP contribution in [-0.2, 0) is 4.57 Å². The number of aryl methyl sites for hydroxylation is 3. The van der Waals surface area contributed by atoms with Crippen LogP contribution >= 0.6 is 8.25 Å². The van der Waals surface area contributed by atoms with Crippen molar-refractivity contribution in [3.63, 3.8) is 0 Å². The van der Waals surface area contributed by atoms with E-state index in [2.05, 4.69) is 0 Å². The molecule has 0 aliphatic heterocycles. The van der Waals surface area contributed by atoms with Crippen LogP contribution in [0.5, 0.6) is 5.75 Å². The van der Waals surface area contributed by atoms with Crippen molar-refractivity contribution in [2.75, 3.05) is 0 Å². The van der Waals surface area contributed by atoms with Gasteiger partial charge >= 0.3 is 8.25 Å². The summed E-state index contributed by atoms with van der Waals surface area (Å²) in [4.78, 5) is 22.5. The molecule has 0 aliphatic rings. The summed E-state index contributed by atoms with van der Waals surface area (Å²) in [5.74, 6) is -0.0707. The molecular weight excluding hydrogens is 335 g/mol. The van der Waals surface area contributed by atoms with Crippen molar-refractivity contribution in [1.29, 1.82) is 0 Å². The smallest absolute Gasteiger partial charge is 0.288 e. The topological polar surface area (TPSA) is 63.6 Å². The van der Waals surface area contributed by atoms with Gasteiger partial charge in [0.05, 0.1) is 5.56 Å². The van der Waals surface area contributed by atoms with Crippen LogP contribution in [0.1, 0.15) is 32.6 Å². The molecule has 0 radical (unpaired) electrons. The molecule has 1 unspecified atom stereocenters. The lowest BCUT2D eigenvalue weighted by molar-refractivity contribution is 0.103. The summed E-state index contributed by atoms with van der Waals surface area (Å²) in [7, 11) is -2.88. The monoisotopic (exact) mass is 353 g/mol. The van der Waals surface area contributed by atoms with E-state index in [1.165, 1.54) is 0 Å². The van der Waals surface area contributed by atoms with Gasteiger partial charge < -0.3 is 0 Å². The molecule has 0 heterocycles. The van der Waals surface area contributed by atoms with Gasteiger partial charge in [-0.2, -0.15) is 0 Å². The van der Waals surface area contributed by atoms with Gasteiger partial charge in [0.15, 0.2) is 5.78 Å². The Hall–Kier alpha value is -2.55. The Balaban J connectivity index is 2.25. The Morgan fingerprint density at radius 1 is 1.00 bits per heavy atom. The molecule has 0 aliphatic carbocycles. The number of carbonyl (C=O) groups is 1. The molecule has 3 aromatic rings. The summed E-state index contributed by atoms with van der Waals surface area (Å²) in [5, 5.41) is 1.47. The number of fused-ring (bicyclic) bond motifs is 1. The van der Waals surface area contributed by atoms with Crippen LogP contribution in [0.15, 0.2) is 48.5 Å². The lowest BCUT2D eigenvalue weighted by atomic mass is 9.91. The maximum Gasteiger partial charge on any atom is 0.747 e. The molecule has 0 fully saturated rings. The van der Waals surface area contributed by atoms with E-state index in [0.717, 1.165) is 22.1 Å². The van der Waals surface area contributed by atoms with Crippen molar-refractivity contribution in [1.82, 2.24) is 0 Å². The van der Waals surface area contributed by atoms with E-state index < -0.39 is 8.25 Å². The fraction of sp³-hybridized carbons (Fsp3) is 0.150. The van der Waals surface area contributed by atoms with Crippen molar-refractivity contribution in [3.8, 4) is 5.75 Å². The zero-order valence-corrected chi connectivity index (χ0v) is 15.1. The number of hydrogen-bond donors (Lipinski definition) is 1. The minimum Gasteiger partial charge on any atom is -0.288 e. The summed E-state index contributed by atoms with van der Waals surface area (Å²) in [6.45, 7) is 5.76. The normalized spacial score (nSPS) is 11.4. The summed E-state index contributed by atoms with van der Waals surface area (Å²) >= 11 is 0. The molecule has 0 amide bonds. The highest BCUT2D eigenvalue weighted by Gasteiger charge is 2.26. The summed E-state index contributed by atoms with van der Waals surface area (Å²) in [6, 6.07) is 14.7. The van der Waals surface area contributed by atoms with E-state index in [1.54, 1.807) is 18.2 Å². The summed E-state index contributed by atoms with van der Waals surface area (Å²) in [5.41, 5.74) is 3.70. The first-order chi connectivity index (χ1) is 11.9. The Morgan fingerprint density at radius 3 is 2.28 bits per heavy atom. The third kappa shape index (κ3) is 3.32. The van der Waals surface area contributed by atoms with E-state index in [0.29, 0.717) is 10.9 Å². The highest BCUT2D eigenvalue weighted by Crippen LogP contribution is 2.36. The molecule has 1 N–H and O–H groups in total. The van der Waals surface area contributed by atoms with Crippen LogP contribution in [0.25, 0.3) is 10.8 Å². The average molecular weight is 353 g/mol. The van der Waals surface area contributed by atoms with E-state index in [1.807, 2.05) is 51.1 Å². The Kier molecular flexibility index (Phi) is 4.67. The van der Waals surface area contributed by atoms with Gasteiger partial charge in [0.1, 0.15) is 0 Å². The molecule has 5 heteroatoms. The van der Waals surface area contributed by atoms with Crippen molar-refractivity contribution < 1.29 is 18.8 Å². The van der Waals surface area contributed by atoms with Crippen molar-refractivity contribution >= 4 is 24.8 Å². The summed E-state index contributed by atoms with van der Waals surface area (Å²) in [6.07, 6.45) is 0. The number of hydrogen-bond acceptors (Lipinski definition) is 3. The van der Waals surface area contributed by atoms with Crippen LogP contribution in [0.3, 0.4) is 0 Å². The van der Waals surface area contributed by atoms with Crippen molar-refractivity contribution in [3.05, 3.63) is 76.3 Å². The Bertz CT molecular complexity index is 985. The molecule has 3 rings (SSSR count). The SMILES string of the molecule is Cc1cc(C)c(C(=O)c2ccc3ccccc3c2O[P+](=O)O)c(C)c1. The first kappa shape index (κ1) is 17.3. The van der Waals surface area contributed by atoms with Gasteiger partial charge in [-0.1, -0.05) is 48.0 Å². The second-order valence-corrected chi connectivity index (χ2v) is 6.75. The number of rotatable bonds is 4. The minimum absolute atomic E-state index is 0.145. The average Bonchev–Trinajstić information content (AvgIpc) is 2.53. The largest absolute Gasteiger partial charge is 0.747 e. The first-order valence-corrected chi connectivity index (χ1v) is 9.00. The third-order valence-electron chi connectivity index (χ3n) is 4.20. The van der Waals surface area contributed by atoms with Gasteiger partial charge in [0.2, 0.25) is 5.75 Å². The fourth-order valence-corrected chi connectivity index (χ4v) is 3.62. The first-order valence-electron chi connectivity index (χ1n) is 7.87. The quantitative estimate of drug-likeness (QED) is 0.528. The summed E-state index contributed by atoms with van der Waals surface area (Å²) < 4.78 is 16.5. The fourth-order valence-electron chi connectivity index (χ4n) is 3.27. The second-order valence-electron chi connectivity index (χ2n) is 6.10. The van der Waals surface area contributed by atoms with Gasteiger partial charge in [-0.15, -0.1) is 4.89 Å². The van der Waals surface area contributed by atoms with E-state index in [9.17, 15) is 14.3 Å². The predicted octanol–water partition coefficient (Wildman–Crippen LogP) is 5.02. The van der Waals surface area contributed by atoms with Gasteiger partial charge in [-0.25, -0.2) is 4.52 Å². The molecule has 126 valence electrons. The second kappa shape index (κ2) is 6.75. The van der Waals surface area contributed by atoms with Gasteiger partial charge in [0.25, 0.3) is 0 Å². The lowest BCUT2D eigenvalue weighted by Crippen LogP contribution is -2.08. The highest BCUT2D eigenvalue weighted by molar-refractivity contribution is 7.32. The standard InChI is InChI=1S/C20H17O4P/c1-12-10-13(2)18(14(3)11-12)19(21)17-9-8-15-6-4-5-7-16(15)20(17)24-25(22)23/h4-11H,1-3H3/p+1. The molecule has 0 saturated heterocycles. The van der Waals surface area contributed by atoms with Crippen LogP contribution in [-0.4, -0.2) is 10.7 Å². The van der Waals surface area contributed by atoms with Crippen molar-refractivity contribution in [2.45, 2.75) is 20.8 Å². The van der Waals surface area contributed by atoms with E-state index >= 15 is 0 Å². The van der Waals surface area contributed by atoms with Gasteiger partial charge in [-0.05, 0) is 43.4 Å².